The van der Waals surface area contributed by atoms with Crippen molar-refractivity contribution in [3.63, 3.8) is 0 Å². The predicted octanol–water partition coefficient (Wildman–Crippen LogP) is 3.68. The summed E-state index contributed by atoms with van der Waals surface area (Å²) in [6.45, 7) is 10.4. The summed E-state index contributed by atoms with van der Waals surface area (Å²) >= 11 is 6.10. The second-order valence-electron chi connectivity index (χ2n) is 6.85. The van der Waals surface area contributed by atoms with Crippen LogP contribution in [0.2, 0.25) is 5.02 Å². The van der Waals surface area contributed by atoms with E-state index in [1.165, 1.54) is 0 Å². The molecule has 23 heavy (non-hydrogen) atoms. The zero-order chi connectivity index (χ0) is 17.6. The van der Waals surface area contributed by atoms with Crippen LogP contribution in [0.15, 0.2) is 18.2 Å². The normalized spacial score (nSPS) is 13.0. The van der Waals surface area contributed by atoms with E-state index in [2.05, 4.69) is 24.5 Å². The molecule has 0 radical (unpaired) electrons. The molecule has 1 amide bonds. The van der Waals surface area contributed by atoms with Gasteiger partial charge in [-0.25, -0.2) is 4.79 Å². The molecule has 0 saturated carbocycles. The van der Waals surface area contributed by atoms with Gasteiger partial charge in [-0.2, -0.15) is 0 Å². The van der Waals surface area contributed by atoms with Crippen molar-refractivity contribution in [2.45, 2.75) is 52.8 Å². The third kappa shape index (κ3) is 7.10. The first-order chi connectivity index (χ1) is 10.6. The van der Waals surface area contributed by atoms with Crippen LogP contribution in [0.25, 0.3) is 0 Å². The van der Waals surface area contributed by atoms with Crippen LogP contribution in [-0.2, 0) is 11.3 Å². The third-order valence-electron chi connectivity index (χ3n) is 3.31. The summed E-state index contributed by atoms with van der Waals surface area (Å²) in [4.78, 5) is 11.7. The number of benzene rings is 1. The molecule has 0 saturated heterocycles. The zero-order valence-electron chi connectivity index (χ0n) is 14.4. The lowest BCUT2D eigenvalue weighted by molar-refractivity contribution is 0.0519. The van der Waals surface area contributed by atoms with Gasteiger partial charge in [-0.1, -0.05) is 31.5 Å². The van der Waals surface area contributed by atoms with E-state index in [4.69, 9.17) is 16.3 Å². The number of carbonyl (C=O) groups excluding carboxylic acids is 1. The Balaban J connectivity index is 2.58. The molecule has 0 heterocycles. The van der Waals surface area contributed by atoms with Crippen molar-refractivity contribution in [1.29, 1.82) is 0 Å². The maximum absolute atomic E-state index is 11.7. The largest absolute Gasteiger partial charge is 0.508 e. The van der Waals surface area contributed by atoms with Gasteiger partial charge in [0.05, 0.1) is 0 Å². The SMILES string of the molecule is CC(C)C(CNC(=O)OC(C)(C)C)NCc1c(O)cccc1Cl. The van der Waals surface area contributed by atoms with Crippen molar-refractivity contribution in [1.82, 2.24) is 10.6 Å². The fraction of sp³-hybridized carbons (Fsp3) is 0.588. The number of phenolic OH excluding ortho intramolecular Hbond substituents is 1. The maximum atomic E-state index is 11.7. The Bertz CT molecular complexity index is 507. The van der Waals surface area contributed by atoms with Gasteiger partial charge >= 0.3 is 6.09 Å². The molecule has 1 unspecified atom stereocenters. The lowest BCUT2D eigenvalue weighted by Crippen LogP contribution is -2.45. The number of rotatable bonds is 6. The molecule has 3 N–H and O–H groups in total. The van der Waals surface area contributed by atoms with Gasteiger partial charge in [0.2, 0.25) is 0 Å². The molecule has 130 valence electrons. The van der Waals surface area contributed by atoms with Crippen LogP contribution < -0.4 is 10.6 Å². The van der Waals surface area contributed by atoms with Gasteiger partial charge in [0.1, 0.15) is 11.4 Å². The predicted molar refractivity (Wildman–Crippen MR) is 92.8 cm³/mol. The Morgan fingerprint density at radius 2 is 2.00 bits per heavy atom. The van der Waals surface area contributed by atoms with Crippen LogP contribution in [0.1, 0.15) is 40.2 Å². The molecular formula is C17H27ClN2O3. The molecule has 0 bridgehead atoms. The van der Waals surface area contributed by atoms with Crippen molar-refractivity contribution < 1.29 is 14.6 Å². The molecular weight excluding hydrogens is 316 g/mol. The van der Waals surface area contributed by atoms with E-state index in [0.29, 0.717) is 23.7 Å². The highest BCUT2D eigenvalue weighted by Gasteiger charge is 2.19. The first-order valence-corrected chi connectivity index (χ1v) is 8.14. The van der Waals surface area contributed by atoms with E-state index in [0.717, 1.165) is 0 Å². The van der Waals surface area contributed by atoms with E-state index in [-0.39, 0.29) is 17.7 Å². The van der Waals surface area contributed by atoms with Crippen LogP contribution in [0.3, 0.4) is 0 Å². The summed E-state index contributed by atoms with van der Waals surface area (Å²) in [5.74, 6) is 0.446. The second-order valence-corrected chi connectivity index (χ2v) is 7.26. The summed E-state index contributed by atoms with van der Waals surface area (Å²) in [5.41, 5.74) is 0.130. The number of aromatic hydroxyl groups is 1. The Morgan fingerprint density at radius 1 is 1.35 bits per heavy atom. The van der Waals surface area contributed by atoms with Crippen molar-refractivity contribution >= 4 is 17.7 Å². The number of hydrogen-bond acceptors (Lipinski definition) is 4. The molecule has 0 aromatic heterocycles. The quantitative estimate of drug-likeness (QED) is 0.737. The number of nitrogens with one attached hydrogen (secondary N) is 2. The molecule has 1 aromatic rings. The highest BCUT2D eigenvalue weighted by molar-refractivity contribution is 6.31. The number of alkyl carbamates (subject to hydrolysis) is 1. The minimum absolute atomic E-state index is 0.0261. The lowest BCUT2D eigenvalue weighted by Gasteiger charge is -2.25. The molecule has 5 nitrogen and oxygen atoms in total. The van der Waals surface area contributed by atoms with Gasteiger partial charge in [0.15, 0.2) is 0 Å². The fourth-order valence-corrected chi connectivity index (χ4v) is 2.24. The van der Waals surface area contributed by atoms with Gasteiger partial charge in [-0.15, -0.1) is 0 Å². The van der Waals surface area contributed by atoms with Gasteiger partial charge in [0.25, 0.3) is 0 Å². The van der Waals surface area contributed by atoms with E-state index in [1.54, 1.807) is 18.2 Å². The summed E-state index contributed by atoms with van der Waals surface area (Å²) in [6, 6.07) is 5.07. The van der Waals surface area contributed by atoms with Crippen molar-refractivity contribution in [2.75, 3.05) is 6.54 Å². The standard InChI is InChI=1S/C17H27ClN2O3/c1-11(2)14(10-20-16(22)23-17(3,4)5)19-9-12-13(18)7-6-8-15(12)21/h6-8,11,14,19,21H,9-10H2,1-5H3,(H,20,22). The van der Waals surface area contributed by atoms with Crippen LogP contribution in [-0.4, -0.2) is 29.4 Å². The Hall–Kier alpha value is -1.46. The van der Waals surface area contributed by atoms with Crippen molar-refractivity contribution in [3.05, 3.63) is 28.8 Å². The molecule has 6 heteroatoms. The Kier molecular flexibility index (Phi) is 7.16. The monoisotopic (exact) mass is 342 g/mol. The number of halogens is 1. The summed E-state index contributed by atoms with van der Waals surface area (Å²) < 4.78 is 5.23. The average Bonchev–Trinajstić information content (AvgIpc) is 2.38. The summed E-state index contributed by atoms with van der Waals surface area (Å²) in [7, 11) is 0. The summed E-state index contributed by atoms with van der Waals surface area (Å²) in [6.07, 6.45) is -0.439. The van der Waals surface area contributed by atoms with Gasteiger partial charge in [-0.05, 0) is 38.8 Å². The molecule has 0 fully saturated rings. The average molecular weight is 343 g/mol. The topological polar surface area (TPSA) is 70.6 Å². The first-order valence-electron chi connectivity index (χ1n) is 7.76. The molecule has 0 aliphatic carbocycles. The smallest absolute Gasteiger partial charge is 0.407 e. The molecule has 0 aliphatic rings. The number of carbonyl (C=O) groups is 1. The van der Waals surface area contributed by atoms with E-state index < -0.39 is 11.7 Å². The number of amides is 1. The lowest BCUT2D eigenvalue weighted by atomic mass is 10.0. The highest BCUT2D eigenvalue weighted by atomic mass is 35.5. The number of ether oxygens (including phenoxy) is 1. The highest BCUT2D eigenvalue weighted by Crippen LogP contribution is 2.25. The van der Waals surface area contributed by atoms with Crippen LogP contribution in [0.4, 0.5) is 4.79 Å². The molecule has 1 aromatic carbocycles. The molecule has 1 rings (SSSR count). The summed E-state index contributed by atoms with van der Waals surface area (Å²) in [5, 5.41) is 16.5. The van der Waals surface area contributed by atoms with Crippen molar-refractivity contribution in [2.24, 2.45) is 5.92 Å². The minimum Gasteiger partial charge on any atom is -0.508 e. The fourth-order valence-electron chi connectivity index (χ4n) is 2.01. The Labute approximate surface area is 143 Å². The third-order valence-corrected chi connectivity index (χ3v) is 3.66. The first kappa shape index (κ1) is 19.6. The Morgan fingerprint density at radius 3 is 2.52 bits per heavy atom. The molecule has 1 atom stereocenters. The number of phenols is 1. The molecule has 0 aliphatic heterocycles. The van der Waals surface area contributed by atoms with Crippen LogP contribution >= 0.6 is 11.6 Å². The molecule has 0 spiro atoms. The van der Waals surface area contributed by atoms with Gasteiger partial charge in [0, 0.05) is 29.7 Å². The van der Waals surface area contributed by atoms with Gasteiger partial charge < -0.3 is 20.5 Å². The number of hydrogen-bond donors (Lipinski definition) is 3. The van der Waals surface area contributed by atoms with Crippen molar-refractivity contribution in [3.8, 4) is 5.75 Å². The van der Waals surface area contributed by atoms with E-state index >= 15 is 0 Å². The second kappa shape index (κ2) is 8.41. The van der Waals surface area contributed by atoms with Gasteiger partial charge in [-0.3, -0.25) is 0 Å². The van der Waals surface area contributed by atoms with E-state index in [9.17, 15) is 9.90 Å². The minimum atomic E-state index is -0.520. The zero-order valence-corrected chi connectivity index (χ0v) is 15.2. The maximum Gasteiger partial charge on any atom is 0.407 e. The van der Waals surface area contributed by atoms with E-state index in [1.807, 2.05) is 20.8 Å². The van der Waals surface area contributed by atoms with Crippen LogP contribution in [0, 0.1) is 5.92 Å². The van der Waals surface area contributed by atoms with Crippen LogP contribution in [0.5, 0.6) is 5.75 Å².